The van der Waals surface area contributed by atoms with Gasteiger partial charge in [0.15, 0.2) is 0 Å². The highest BCUT2D eigenvalue weighted by molar-refractivity contribution is 6.30. The fraction of sp³-hybridized carbons (Fsp3) is 0.333. The van der Waals surface area contributed by atoms with Gasteiger partial charge in [-0.05, 0) is 43.3 Å². The van der Waals surface area contributed by atoms with Crippen molar-refractivity contribution in [3.63, 3.8) is 0 Å². The maximum Gasteiger partial charge on any atom is 0.0474 e. The third kappa shape index (κ3) is 3.15. The van der Waals surface area contributed by atoms with Gasteiger partial charge in [-0.2, -0.15) is 0 Å². The Kier molecular flexibility index (Phi) is 4.45. The van der Waals surface area contributed by atoms with Crippen molar-refractivity contribution in [3.8, 4) is 0 Å². The van der Waals surface area contributed by atoms with Gasteiger partial charge in [0.05, 0.1) is 0 Å². The Hall–Kier alpha value is -1.25. The van der Waals surface area contributed by atoms with E-state index in [1.807, 2.05) is 18.2 Å². The molecule has 2 nitrogen and oxygen atoms in total. The summed E-state index contributed by atoms with van der Waals surface area (Å²) in [6, 6.07) is 12.6. The highest BCUT2D eigenvalue weighted by atomic mass is 35.5. The van der Waals surface area contributed by atoms with Crippen LogP contribution in [0.15, 0.2) is 42.6 Å². The van der Waals surface area contributed by atoms with Gasteiger partial charge in [-0.3, -0.25) is 0 Å². The predicted molar refractivity (Wildman–Crippen MR) is 77.1 cm³/mol. The molecule has 0 aliphatic rings. The quantitative estimate of drug-likeness (QED) is 0.866. The Balaban J connectivity index is 2.17. The second-order valence-electron chi connectivity index (χ2n) is 4.47. The molecule has 1 aromatic heterocycles. The summed E-state index contributed by atoms with van der Waals surface area (Å²) in [6.07, 6.45) is 2.12. The van der Waals surface area contributed by atoms with Gasteiger partial charge in [0.2, 0.25) is 0 Å². The molecule has 1 heterocycles. The molecular formula is C15H19ClN2. The predicted octanol–water partition coefficient (Wildman–Crippen LogP) is 3.86. The van der Waals surface area contributed by atoms with Crippen molar-refractivity contribution in [1.29, 1.82) is 0 Å². The third-order valence-electron chi connectivity index (χ3n) is 3.06. The smallest absolute Gasteiger partial charge is 0.0474 e. The Bertz CT molecular complexity index is 505. The van der Waals surface area contributed by atoms with Gasteiger partial charge < -0.3 is 9.88 Å². The minimum Gasteiger partial charge on any atom is -0.346 e. The Morgan fingerprint density at radius 3 is 2.83 bits per heavy atom. The number of nitrogens with one attached hydrogen (secondary N) is 1. The molecule has 1 atom stereocenters. The molecule has 0 bridgehead atoms. The van der Waals surface area contributed by atoms with Gasteiger partial charge in [0.25, 0.3) is 0 Å². The second kappa shape index (κ2) is 6.07. The first-order chi connectivity index (χ1) is 8.70. The summed E-state index contributed by atoms with van der Waals surface area (Å²) in [5.41, 5.74) is 2.53. The molecular weight excluding hydrogens is 244 g/mol. The van der Waals surface area contributed by atoms with Crippen LogP contribution >= 0.6 is 11.6 Å². The van der Waals surface area contributed by atoms with E-state index in [2.05, 4.69) is 48.1 Å². The lowest BCUT2D eigenvalue weighted by molar-refractivity contribution is 0.553. The first kappa shape index (κ1) is 13.2. The van der Waals surface area contributed by atoms with E-state index < -0.39 is 0 Å². The number of nitrogens with zero attached hydrogens (tertiary/aromatic N) is 1. The van der Waals surface area contributed by atoms with Crippen LogP contribution in [0.1, 0.15) is 31.1 Å². The molecule has 0 fully saturated rings. The van der Waals surface area contributed by atoms with E-state index in [0.717, 1.165) is 18.1 Å². The fourth-order valence-corrected chi connectivity index (χ4v) is 2.42. The maximum absolute atomic E-state index is 6.02. The molecule has 1 aromatic carbocycles. The standard InChI is InChI=1S/C15H19ClN2/c1-3-17-12(2)15-8-5-9-18(15)11-13-6-4-7-14(16)10-13/h4-10,12,17H,3,11H2,1-2H3. The Morgan fingerprint density at radius 2 is 2.11 bits per heavy atom. The van der Waals surface area contributed by atoms with Crippen LogP contribution in [-0.4, -0.2) is 11.1 Å². The zero-order chi connectivity index (χ0) is 13.0. The summed E-state index contributed by atoms with van der Waals surface area (Å²) in [7, 11) is 0. The average molecular weight is 263 g/mol. The summed E-state index contributed by atoms with van der Waals surface area (Å²) >= 11 is 6.02. The molecule has 1 N–H and O–H groups in total. The summed E-state index contributed by atoms with van der Waals surface area (Å²) in [5, 5.41) is 4.23. The van der Waals surface area contributed by atoms with Gasteiger partial charge in [-0.25, -0.2) is 0 Å². The number of aromatic nitrogens is 1. The van der Waals surface area contributed by atoms with E-state index in [9.17, 15) is 0 Å². The molecule has 0 aliphatic heterocycles. The number of benzene rings is 1. The van der Waals surface area contributed by atoms with Crippen molar-refractivity contribution in [1.82, 2.24) is 9.88 Å². The number of halogens is 1. The summed E-state index contributed by atoms with van der Waals surface area (Å²) < 4.78 is 2.26. The van der Waals surface area contributed by atoms with Crippen molar-refractivity contribution >= 4 is 11.6 Å². The molecule has 2 aromatic rings. The SMILES string of the molecule is CCNC(C)c1cccn1Cc1cccc(Cl)c1. The molecule has 0 amide bonds. The van der Waals surface area contributed by atoms with Gasteiger partial charge in [-0.1, -0.05) is 30.7 Å². The first-order valence-electron chi connectivity index (χ1n) is 6.33. The van der Waals surface area contributed by atoms with Crippen molar-refractivity contribution < 1.29 is 0 Å². The first-order valence-corrected chi connectivity index (χ1v) is 6.71. The maximum atomic E-state index is 6.02. The molecule has 0 saturated heterocycles. The molecule has 0 saturated carbocycles. The van der Waals surface area contributed by atoms with E-state index in [4.69, 9.17) is 11.6 Å². The number of rotatable bonds is 5. The van der Waals surface area contributed by atoms with Crippen LogP contribution in [0.25, 0.3) is 0 Å². The van der Waals surface area contributed by atoms with Crippen molar-refractivity contribution in [2.24, 2.45) is 0 Å². The molecule has 18 heavy (non-hydrogen) atoms. The molecule has 96 valence electrons. The molecule has 0 aliphatic carbocycles. The lowest BCUT2D eigenvalue weighted by Gasteiger charge is -2.16. The van der Waals surface area contributed by atoms with E-state index in [-0.39, 0.29) is 0 Å². The van der Waals surface area contributed by atoms with Gasteiger partial charge in [-0.15, -0.1) is 0 Å². The molecule has 0 radical (unpaired) electrons. The van der Waals surface area contributed by atoms with Gasteiger partial charge in [0.1, 0.15) is 0 Å². The molecule has 3 heteroatoms. The zero-order valence-electron chi connectivity index (χ0n) is 10.9. The van der Waals surface area contributed by atoms with Crippen molar-refractivity contribution in [2.75, 3.05) is 6.54 Å². The summed E-state index contributed by atoms with van der Waals surface area (Å²) in [5.74, 6) is 0. The fourth-order valence-electron chi connectivity index (χ4n) is 2.21. The molecule has 1 unspecified atom stereocenters. The van der Waals surface area contributed by atoms with Crippen LogP contribution in [0.4, 0.5) is 0 Å². The normalized spacial score (nSPS) is 12.6. The highest BCUT2D eigenvalue weighted by Crippen LogP contribution is 2.17. The van der Waals surface area contributed by atoms with Crippen molar-refractivity contribution in [2.45, 2.75) is 26.4 Å². The number of hydrogen-bond donors (Lipinski definition) is 1. The lowest BCUT2D eigenvalue weighted by atomic mass is 10.2. The largest absolute Gasteiger partial charge is 0.346 e. The Morgan fingerprint density at radius 1 is 1.28 bits per heavy atom. The molecule has 0 spiro atoms. The van der Waals surface area contributed by atoms with Gasteiger partial charge >= 0.3 is 0 Å². The summed E-state index contributed by atoms with van der Waals surface area (Å²) in [4.78, 5) is 0. The lowest BCUT2D eigenvalue weighted by Crippen LogP contribution is -2.20. The van der Waals surface area contributed by atoms with Gasteiger partial charge in [0, 0.05) is 29.5 Å². The average Bonchev–Trinajstić information content (AvgIpc) is 2.77. The van der Waals surface area contributed by atoms with Crippen LogP contribution < -0.4 is 5.32 Å². The van der Waals surface area contributed by atoms with E-state index in [1.54, 1.807) is 0 Å². The number of hydrogen-bond acceptors (Lipinski definition) is 1. The van der Waals surface area contributed by atoms with Crippen LogP contribution in [0.5, 0.6) is 0 Å². The topological polar surface area (TPSA) is 17.0 Å². The van der Waals surface area contributed by atoms with Crippen LogP contribution in [0.2, 0.25) is 5.02 Å². The minimum atomic E-state index is 0.365. The second-order valence-corrected chi connectivity index (χ2v) is 4.91. The van der Waals surface area contributed by atoms with E-state index in [0.29, 0.717) is 6.04 Å². The van der Waals surface area contributed by atoms with Crippen LogP contribution in [0.3, 0.4) is 0 Å². The Labute approximate surface area is 114 Å². The zero-order valence-corrected chi connectivity index (χ0v) is 11.6. The van der Waals surface area contributed by atoms with E-state index in [1.165, 1.54) is 11.3 Å². The van der Waals surface area contributed by atoms with Crippen LogP contribution in [-0.2, 0) is 6.54 Å². The minimum absolute atomic E-state index is 0.365. The highest BCUT2D eigenvalue weighted by Gasteiger charge is 2.08. The monoisotopic (exact) mass is 262 g/mol. The van der Waals surface area contributed by atoms with E-state index >= 15 is 0 Å². The van der Waals surface area contributed by atoms with Crippen LogP contribution in [0, 0.1) is 0 Å². The van der Waals surface area contributed by atoms with Crippen molar-refractivity contribution in [3.05, 3.63) is 58.9 Å². The third-order valence-corrected chi connectivity index (χ3v) is 3.30. The summed E-state index contributed by atoms with van der Waals surface area (Å²) in [6.45, 7) is 6.15. The molecule has 2 rings (SSSR count).